The summed E-state index contributed by atoms with van der Waals surface area (Å²) in [6, 6.07) is 16.6. The molecule has 12 heteroatoms. The second kappa shape index (κ2) is 15.5. The lowest BCUT2D eigenvalue weighted by Crippen LogP contribution is -2.60. The number of hydrogen-bond acceptors (Lipinski definition) is 7. The zero-order valence-electron chi connectivity index (χ0n) is 33.8. The van der Waals surface area contributed by atoms with E-state index in [0.717, 1.165) is 27.8 Å². The molecule has 0 fully saturated rings. The number of rotatable bonds is 9. The first-order valence-electron chi connectivity index (χ1n) is 19.7. The molecule has 4 aliphatic rings. The van der Waals surface area contributed by atoms with Crippen LogP contribution in [0.15, 0.2) is 60.7 Å². The molecular formula is C45H53FN2O9+2. The van der Waals surface area contributed by atoms with Gasteiger partial charge < -0.3 is 42.9 Å². The fourth-order valence-electron chi connectivity index (χ4n) is 9.89. The number of methoxy groups -OCH3 is 3. The predicted molar refractivity (Wildman–Crippen MR) is 211 cm³/mol. The van der Waals surface area contributed by atoms with E-state index in [1.165, 1.54) is 7.11 Å². The van der Waals surface area contributed by atoms with Crippen LogP contribution in [0, 0.1) is 5.82 Å². The van der Waals surface area contributed by atoms with Crippen molar-refractivity contribution in [3.63, 3.8) is 0 Å². The third kappa shape index (κ3) is 6.92. The van der Waals surface area contributed by atoms with Gasteiger partial charge >= 0.3 is 11.9 Å². The van der Waals surface area contributed by atoms with Crippen LogP contribution in [0.5, 0.6) is 40.2 Å². The van der Waals surface area contributed by atoms with Crippen LogP contribution in [0.3, 0.4) is 0 Å². The largest absolute Gasteiger partial charge is 0.494 e. The number of benzene rings is 4. The Morgan fingerprint density at radius 3 is 1.86 bits per heavy atom. The van der Waals surface area contributed by atoms with Gasteiger partial charge in [-0.2, -0.15) is 4.39 Å². The van der Waals surface area contributed by atoms with Crippen LogP contribution in [0.1, 0.15) is 72.2 Å². The molecule has 6 bridgehead atoms. The molecule has 0 radical (unpaired) electrons. The zero-order valence-corrected chi connectivity index (χ0v) is 33.8. The van der Waals surface area contributed by atoms with Crippen molar-refractivity contribution >= 4 is 11.9 Å². The Morgan fingerprint density at radius 1 is 0.719 bits per heavy atom. The maximum Gasteiger partial charge on any atom is 0.362 e. The summed E-state index contributed by atoms with van der Waals surface area (Å²) in [7, 11) is 8.48. The van der Waals surface area contributed by atoms with Gasteiger partial charge in [0.05, 0.1) is 54.1 Å². The number of aliphatic carboxylic acids is 2. The maximum absolute atomic E-state index is 17.1. The number of carbonyl (C=O) groups is 2. The van der Waals surface area contributed by atoms with E-state index >= 15 is 4.39 Å². The van der Waals surface area contributed by atoms with E-state index < -0.39 is 35.9 Å². The molecule has 4 heterocycles. The summed E-state index contributed by atoms with van der Waals surface area (Å²) in [5.74, 6) is -0.290. The van der Waals surface area contributed by atoms with Gasteiger partial charge in [-0.15, -0.1) is 0 Å². The minimum atomic E-state index is -0.933. The lowest BCUT2D eigenvalue weighted by atomic mass is 9.83. The van der Waals surface area contributed by atoms with Gasteiger partial charge in [-0.05, 0) is 64.7 Å². The smallest absolute Gasteiger partial charge is 0.362 e. The Bertz CT molecular complexity index is 2190. The SMILES string of the molecule is CCC(C(=O)O)[N+]1(C)CCc2cc(OC)c3cc2C1Cc1ccc(cc1)Oc1cc(ccc1OC)CC1c2c(cc(OC)c(F)c2O3)CC[N+]1(C)C(CC)C(=O)O. The molecule has 0 saturated carbocycles. The van der Waals surface area contributed by atoms with Crippen LogP contribution in [0.4, 0.5) is 4.39 Å². The van der Waals surface area contributed by atoms with Crippen molar-refractivity contribution in [1.29, 1.82) is 0 Å². The zero-order chi connectivity index (χ0) is 40.8. The van der Waals surface area contributed by atoms with Crippen LogP contribution < -0.4 is 23.7 Å². The Labute approximate surface area is 333 Å². The number of ether oxygens (including phenoxy) is 5. The molecule has 0 amide bonds. The van der Waals surface area contributed by atoms with Crippen LogP contribution in [-0.4, -0.2) is 91.7 Å². The highest BCUT2D eigenvalue weighted by atomic mass is 19.1. The summed E-state index contributed by atoms with van der Waals surface area (Å²) < 4.78 is 48.0. The Kier molecular flexibility index (Phi) is 10.9. The van der Waals surface area contributed by atoms with Gasteiger partial charge in [0.2, 0.25) is 5.82 Å². The van der Waals surface area contributed by atoms with Crippen molar-refractivity contribution in [2.75, 3.05) is 48.5 Å². The summed E-state index contributed by atoms with van der Waals surface area (Å²) in [6.07, 6.45) is 2.67. The van der Waals surface area contributed by atoms with Gasteiger partial charge in [0.15, 0.2) is 46.6 Å². The first kappa shape index (κ1) is 39.9. The first-order chi connectivity index (χ1) is 27.3. The molecule has 6 unspecified atom stereocenters. The normalized spacial score (nSPS) is 23.4. The van der Waals surface area contributed by atoms with E-state index in [0.29, 0.717) is 80.2 Å². The minimum absolute atomic E-state index is 0.0143. The number of carboxylic acids is 2. The van der Waals surface area contributed by atoms with Crippen LogP contribution in [-0.2, 0) is 35.3 Å². The van der Waals surface area contributed by atoms with Gasteiger partial charge in [-0.25, -0.2) is 9.59 Å². The maximum atomic E-state index is 17.1. The second-order valence-electron chi connectivity index (χ2n) is 15.9. The third-order valence-corrected chi connectivity index (χ3v) is 13.0. The fraction of sp³-hybridized carbons (Fsp3) is 0.422. The number of nitrogens with zero attached hydrogens (tertiary/aromatic N) is 2. The van der Waals surface area contributed by atoms with Gasteiger partial charge in [-0.3, -0.25) is 0 Å². The van der Waals surface area contributed by atoms with Gasteiger partial charge in [0.25, 0.3) is 0 Å². The molecule has 4 aromatic carbocycles. The molecule has 0 aromatic heterocycles. The number of carboxylic acid groups (broad SMARTS) is 2. The molecule has 0 aliphatic carbocycles. The summed E-state index contributed by atoms with van der Waals surface area (Å²) in [5, 5.41) is 21.2. The first-order valence-corrected chi connectivity index (χ1v) is 19.7. The molecule has 57 heavy (non-hydrogen) atoms. The van der Waals surface area contributed by atoms with Crippen molar-refractivity contribution < 1.29 is 56.8 Å². The highest BCUT2D eigenvalue weighted by Gasteiger charge is 2.50. The second-order valence-corrected chi connectivity index (χ2v) is 15.9. The molecule has 2 N–H and O–H groups in total. The predicted octanol–water partition coefficient (Wildman–Crippen LogP) is 8.05. The topological polar surface area (TPSA) is 121 Å². The van der Waals surface area contributed by atoms with E-state index in [9.17, 15) is 19.8 Å². The fourth-order valence-corrected chi connectivity index (χ4v) is 9.89. The van der Waals surface area contributed by atoms with Crippen molar-refractivity contribution in [2.45, 2.75) is 76.5 Å². The van der Waals surface area contributed by atoms with Crippen LogP contribution >= 0.6 is 0 Å². The van der Waals surface area contributed by atoms with E-state index in [2.05, 4.69) is 0 Å². The molecular weight excluding hydrogens is 731 g/mol. The molecule has 4 aliphatic heterocycles. The summed E-state index contributed by atoms with van der Waals surface area (Å²) in [4.78, 5) is 25.9. The van der Waals surface area contributed by atoms with Gasteiger partial charge in [-0.1, -0.05) is 32.0 Å². The van der Waals surface area contributed by atoms with Gasteiger partial charge in [0.1, 0.15) is 17.8 Å². The number of fused-ring (bicyclic) bond motifs is 2. The molecule has 11 nitrogen and oxygen atoms in total. The molecule has 302 valence electrons. The van der Waals surface area contributed by atoms with E-state index in [1.807, 2.05) is 82.5 Å². The Morgan fingerprint density at radius 2 is 1.26 bits per heavy atom. The van der Waals surface area contributed by atoms with E-state index in [1.54, 1.807) is 20.3 Å². The van der Waals surface area contributed by atoms with Crippen molar-refractivity contribution in [3.05, 3.63) is 99.9 Å². The highest BCUT2D eigenvalue weighted by molar-refractivity contribution is 5.73. The molecule has 6 atom stereocenters. The standard InChI is InChI=1S/C45H51FN2O9/c1-8-32(44(49)50)47(3)18-16-28-23-37(54-6)39-25-31(28)34(47)20-26-10-13-30(14-11-26)56-38-22-27(12-15-36(38)53-5)21-35-41-29(24-40(55-7)42(46)43(41)57-39)17-19-48(35,4)33(9-2)45(51)52/h10-15,22-25,32-35H,8-9,16-21H2,1-7H3/p+2. The molecule has 8 rings (SSSR count). The number of likely N-dealkylation sites (N-methyl/N-ethyl adjacent to an activating group) is 2. The summed E-state index contributed by atoms with van der Waals surface area (Å²) in [5.41, 5.74) is 5.08. The average Bonchev–Trinajstić information content (AvgIpc) is 3.18. The molecule has 0 spiro atoms. The van der Waals surface area contributed by atoms with Gasteiger partial charge in [0, 0.05) is 44.1 Å². The highest BCUT2D eigenvalue weighted by Crippen LogP contribution is 2.51. The van der Waals surface area contributed by atoms with Crippen molar-refractivity contribution in [3.8, 4) is 40.2 Å². The third-order valence-electron chi connectivity index (χ3n) is 13.0. The average molecular weight is 785 g/mol. The summed E-state index contributed by atoms with van der Waals surface area (Å²) >= 11 is 0. The minimum Gasteiger partial charge on any atom is -0.494 e. The monoisotopic (exact) mass is 784 g/mol. The lowest BCUT2D eigenvalue weighted by Gasteiger charge is -2.49. The Balaban J connectivity index is 1.53. The number of halogens is 1. The molecule has 0 saturated heterocycles. The lowest BCUT2D eigenvalue weighted by molar-refractivity contribution is -0.956. The van der Waals surface area contributed by atoms with Crippen molar-refractivity contribution in [1.82, 2.24) is 0 Å². The van der Waals surface area contributed by atoms with E-state index in [-0.39, 0.29) is 32.3 Å². The van der Waals surface area contributed by atoms with Crippen molar-refractivity contribution in [2.24, 2.45) is 0 Å². The number of quaternary nitrogens is 2. The van der Waals surface area contributed by atoms with Crippen LogP contribution in [0.2, 0.25) is 0 Å². The van der Waals surface area contributed by atoms with Crippen LogP contribution in [0.25, 0.3) is 0 Å². The summed E-state index contributed by atoms with van der Waals surface area (Å²) in [6.45, 7) is 4.83. The number of hydrogen-bond donors (Lipinski definition) is 2. The Hall–Kier alpha value is -5.33. The quantitative estimate of drug-likeness (QED) is 0.163. The molecule has 4 aromatic rings. The van der Waals surface area contributed by atoms with E-state index in [4.69, 9.17) is 23.7 Å².